The molecule has 2 N–H and O–H groups in total. The summed E-state index contributed by atoms with van der Waals surface area (Å²) in [4.78, 5) is 11.1. The molecule has 0 amide bonds. The minimum absolute atomic E-state index is 0.263. The first-order valence-electron chi connectivity index (χ1n) is 9.26. The lowest BCUT2D eigenvalue weighted by molar-refractivity contribution is -0.137. The van der Waals surface area contributed by atoms with Crippen LogP contribution in [0.25, 0.3) is 0 Å². The summed E-state index contributed by atoms with van der Waals surface area (Å²) in [6, 6.07) is 5.29. The van der Waals surface area contributed by atoms with Crippen molar-refractivity contribution in [1.82, 2.24) is 15.6 Å². The molecule has 1 aromatic carbocycles. The summed E-state index contributed by atoms with van der Waals surface area (Å²) in [6.07, 6.45) is -1.12. The highest BCUT2D eigenvalue weighted by Gasteiger charge is 2.30. The Morgan fingerprint density at radius 1 is 1.25 bits per heavy atom. The van der Waals surface area contributed by atoms with Gasteiger partial charge in [0.15, 0.2) is 11.1 Å². The Morgan fingerprint density at radius 2 is 2.04 bits per heavy atom. The Kier molecular flexibility index (Phi) is 6.77. The summed E-state index contributed by atoms with van der Waals surface area (Å²) in [5.74, 6) is 0.549. The Hall–Kier alpha value is -2.29. The molecule has 0 radical (unpaired) electrons. The monoisotopic (exact) mass is 411 g/mol. The Balaban J connectivity index is 1.45. The third kappa shape index (κ3) is 5.60. The van der Waals surface area contributed by atoms with Crippen molar-refractivity contribution in [3.63, 3.8) is 0 Å². The molecule has 2 heterocycles. The van der Waals surface area contributed by atoms with Crippen molar-refractivity contribution in [3.05, 3.63) is 46.5 Å². The maximum Gasteiger partial charge on any atom is 0.416 e. The third-order valence-electron chi connectivity index (χ3n) is 4.53. The Labute approximate surface area is 166 Å². The normalized spacial score (nSPS) is 15.1. The fraction of sp³-hybridized carbons (Fsp3) is 0.474. The van der Waals surface area contributed by atoms with Crippen molar-refractivity contribution < 1.29 is 13.2 Å². The second-order valence-electron chi connectivity index (χ2n) is 6.62. The fourth-order valence-electron chi connectivity index (χ4n) is 3.04. The number of aromatic nitrogens is 1. The van der Waals surface area contributed by atoms with Crippen LogP contribution in [-0.4, -0.2) is 37.6 Å². The summed E-state index contributed by atoms with van der Waals surface area (Å²) in [5.41, 5.74) is 0.937. The number of nitrogens with one attached hydrogen (secondary N) is 2. The van der Waals surface area contributed by atoms with Gasteiger partial charge < -0.3 is 15.5 Å². The van der Waals surface area contributed by atoms with Gasteiger partial charge in [-0.1, -0.05) is 12.1 Å². The van der Waals surface area contributed by atoms with Crippen molar-refractivity contribution in [2.24, 2.45) is 4.99 Å². The molecular weight excluding hydrogens is 387 g/mol. The van der Waals surface area contributed by atoms with Crippen LogP contribution in [-0.2, 0) is 19.1 Å². The molecule has 1 saturated heterocycles. The molecule has 1 aliphatic rings. The SMILES string of the molecule is CN=C(NCCc1csc(N2CCCC2)n1)NCc1cccc(C(F)(F)F)c1. The number of hydrogen-bond donors (Lipinski definition) is 2. The molecule has 1 aromatic heterocycles. The van der Waals surface area contributed by atoms with E-state index < -0.39 is 11.7 Å². The summed E-state index contributed by atoms with van der Waals surface area (Å²) < 4.78 is 38.4. The first-order valence-corrected chi connectivity index (χ1v) is 10.1. The van der Waals surface area contributed by atoms with E-state index in [2.05, 4.69) is 30.9 Å². The predicted molar refractivity (Wildman–Crippen MR) is 107 cm³/mol. The lowest BCUT2D eigenvalue weighted by Crippen LogP contribution is -2.37. The highest BCUT2D eigenvalue weighted by Crippen LogP contribution is 2.29. The van der Waals surface area contributed by atoms with Gasteiger partial charge in [-0.25, -0.2) is 4.98 Å². The standard InChI is InChI=1S/C19H24F3N5S/c1-23-17(25-12-14-5-4-6-15(11-14)19(20,21)22)24-8-7-16-13-28-18(26-16)27-9-2-3-10-27/h4-6,11,13H,2-3,7-10,12H2,1H3,(H2,23,24,25). The van der Waals surface area contributed by atoms with Gasteiger partial charge in [0.1, 0.15) is 0 Å². The van der Waals surface area contributed by atoms with Crippen molar-refractivity contribution in [2.45, 2.75) is 32.0 Å². The number of halogens is 3. The molecule has 0 aliphatic carbocycles. The maximum atomic E-state index is 12.8. The molecule has 5 nitrogen and oxygen atoms in total. The number of guanidine groups is 1. The summed E-state index contributed by atoms with van der Waals surface area (Å²) >= 11 is 1.67. The van der Waals surface area contributed by atoms with Crippen LogP contribution in [0.5, 0.6) is 0 Å². The van der Waals surface area contributed by atoms with E-state index in [1.165, 1.54) is 18.9 Å². The molecule has 0 bridgehead atoms. The van der Waals surface area contributed by atoms with Crippen molar-refractivity contribution in [3.8, 4) is 0 Å². The molecule has 1 fully saturated rings. The molecular formula is C19H24F3N5S. The highest BCUT2D eigenvalue weighted by molar-refractivity contribution is 7.13. The lowest BCUT2D eigenvalue weighted by atomic mass is 10.1. The van der Waals surface area contributed by atoms with Crippen LogP contribution in [0.4, 0.5) is 18.3 Å². The van der Waals surface area contributed by atoms with E-state index in [1.807, 2.05) is 0 Å². The first kappa shape index (κ1) is 20.4. The molecule has 0 atom stereocenters. The van der Waals surface area contributed by atoms with Crippen molar-refractivity contribution in [1.29, 1.82) is 0 Å². The number of nitrogens with zero attached hydrogens (tertiary/aromatic N) is 3. The van der Waals surface area contributed by atoms with Gasteiger partial charge in [0.2, 0.25) is 0 Å². The average molecular weight is 411 g/mol. The number of thiazole rings is 1. The molecule has 9 heteroatoms. The quantitative estimate of drug-likeness (QED) is 0.563. The molecule has 1 aliphatic heterocycles. The maximum absolute atomic E-state index is 12.8. The minimum Gasteiger partial charge on any atom is -0.356 e. The van der Waals surface area contributed by atoms with Crippen LogP contribution in [0, 0.1) is 0 Å². The molecule has 0 spiro atoms. The largest absolute Gasteiger partial charge is 0.416 e. The van der Waals surface area contributed by atoms with E-state index in [0.717, 1.165) is 42.5 Å². The highest BCUT2D eigenvalue weighted by atomic mass is 32.1. The first-order chi connectivity index (χ1) is 13.5. The van der Waals surface area contributed by atoms with E-state index in [-0.39, 0.29) is 6.54 Å². The number of aliphatic imine (C=N–C) groups is 1. The van der Waals surface area contributed by atoms with E-state index in [9.17, 15) is 13.2 Å². The van der Waals surface area contributed by atoms with E-state index in [1.54, 1.807) is 24.5 Å². The summed E-state index contributed by atoms with van der Waals surface area (Å²) in [6.45, 7) is 3.07. The predicted octanol–water partition coefficient (Wildman–Crippen LogP) is 3.67. The Bertz CT molecular complexity index is 797. The van der Waals surface area contributed by atoms with Crippen molar-refractivity contribution >= 4 is 22.4 Å². The van der Waals surface area contributed by atoms with E-state index >= 15 is 0 Å². The van der Waals surface area contributed by atoms with Gasteiger partial charge in [0.25, 0.3) is 0 Å². The number of hydrogen-bond acceptors (Lipinski definition) is 4. The van der Waals surface area contributed by atoms with Crippen LogP contribution in [0.1, 0.15) is 29.7 Å². The average Bonchev–Trinajstić information content (AvgIpc) is 3.35. The number of rotatable bonds is 6. The van der Waals surface area contributed by atoms with Crippen LogP contribution in [0.2, 0.25) is 0 Å². The van der Waals surface area contributed by atoms with E-state index in [4.69, 9.17) is 0 Å². The van der Waals surface area contributed by atoms with Gasteiger partial charge in [-0.05, 0) is 30.5 Å². The topological polar surface area (TPSA) is 52.6 Å². The second kappa shape index (κ2) is 9.27. The van der Waals surface area contributed by atoms with Crippen LogP contribution < -0.4 is 15.5 Å². The summed E-state index contributed by atoms with van der Waals surface area (Å²) in [7, 11) is 1.63. The fourth-order valence-corrected chi connectivity index (χ4v) is 3.95. The number of alkyl halides is 3. The van der Waals surface area contributed by atoms with Crippen LogP contribution >= 0.6 is 11.3 Å². The Morgan fingerprint density at radius 3 is 2.75 bits per heavy atom. The molecule has 28 heavy (non-hydrogen) atoms. The third-order valence-corrected chi connectivity index (χ3v) is 5.48. The lowest BCUT2D eigenvalue weighted by Gasteiger charge is -2.13. The van der Waals surface area contributed by atoms with Gasteiger partial charge in [-0.2, -0.15) is 13.2 Å². The summed E-state index contributed by atoms with van der Waals surface area (Å²) in [5, 5.41) is 9.39. The zero-order chi connectivity index (χ0) is 20.0. The van der Waals surface area contributed by atoms with Gasteiger partial charge in [0, 0.05) is 45.0 Å². The van der Waals surface area contributed by atoms with Crippen molar-refractivity contribution in [2.75, 3.05) is 31.6 Å². The minimum atomic E-state index is -4.34. The van der Waals surface area contributed by atoms with Gasteiger partial charge in [-0.15, -0.1) is 11.3 Å². The smallest absolute Gasteiger partial charge is 0.356 e. The molecule has 2 aromatic rings. The van der Waals surface area contributed by atoms with Gasteiger partial charge >= 0.3 is 6.18 Å². The number of anilines is 1. The van der Waals surface area contributed by atoms with Crippen LogP contribution in [0.15, 0.2) is 34.6 Å². The molecule has 3 rings (SSSR count). The molecule has 0 unspecified atom stereocenters. The van der Waals surface area contributed by atoms with Gasteiger partial charge in [-0.3, -0.25) is 4.99 Å². The number of benzene rings is 1. The second-order valence-corrected chi connectivity index (χ2v) is 7.45. The van der Waals surface area contributed by atoms with Gasteiger partial charge in [0.05, 0.1) is 11.3 Å². The molecule has 0 saturated carbocycles. The van der Waals surface area contributed by atoms with E-state index in [0.29, 0.717) is 18.1 Å². The molecule has 152 valence electrons. The zero-order valence-electron chi connectivity index (χ0n) is 15.7. The zero-order valence-corrected chi connectivity index (χ0v) is 16.5. The van der Waals surface area contributed by atoms with Crippen LogP contribution in [0.3, 0.4) is 0 Å².